The van der Waals surface area contributed by atoms with E-state index in [0.717, 1.165) is 24.8 Å². The number of Topliss-reactive ketones (excluding diaryl/α,β-unsaturated/α-hetero) is 1. The number of benzene rings is 1. The first-order valence-electron chi connectivity index (χ1n) is 6.38. The number of rotatable bonds is 2. The summed E-state index contributed by atoms with van der Waals surface area (Å²) in [6.07, 6.45) is 3.54. The second-order valence-electron chi connectivity index (χ2n) is 4.71. The molecule has 8 heteroatoms. The first-order chi connectivity index (χ1) is 9.70. The van der Waals surface area contributed by atoms with E-state index in [4.69, 9.17) is 29.1 Å². The largest absolute Gasteiger partial charge is 0.394 e. The molecule has 1 saturated carbocycles. The van der Waals surface area contributed by atoms with Crippen LogP contribution in [0.3, 0.4) is 0 Å². The molecule has 0 radical (unpaired) electrons. The Morgan fingerprint density at radius 3 is 2.29 bits per heavy atom. The van der Waals surface area contributed by atoms with Gasteiger partial charge < -0.3 is 5.32 Å². The second kappa shape index (κ2) is 7.33. The third-order valence-corrected chi connectivity index (χ3v) is 3.77. The monoisotopic (exact) mass is 335 g/mol. The van der Waals surface area contributed by atoms with Gasteiger partial charge in [-0.25, -0.2) is 0 Å². The van der Waals surface area contributed by atoms with E-state index < -0.39 is 15.9 Å². The molecule has 1 aliphatic carbocycles. The molecule has 6 nitrogen and oxygen atoms in total. The summed E-state index contributed by atoms with van der Waals surface area (Å²) in [5.41, 5.74) is 0.361. The average Bonchev–Trinajstić information content (AvgIpc) is 2.39. The summed E-state index contributed by atoms with van der Waals surface area (Å²) in [5.74, 6) is 0.259. The maximum absolute atomic E-state index is 12.2. The van der Waals surface area contributed by atoms with Crippen molar-refractivity contribution in [2.45, 2.75) is 31.2 Å². The van der Waals surface area contributed by atoms with Gasteiger partial charge in [-0.1, -0.05) is 36.2 Å². The molecular formula is C13H18ClNO5S. The Morgan fingerprint density at radius 2 is 1.81 bits per heavy atom. The average molecular weight is 336 g/mol. The van der Waals surface area contributed by atoms with Gasteiger partial charge in [0, 0.05) is 11.4 Å². The summed E-state index contributed by atoms with van der Waals surface area (Å²) in [6, 6.07) is 7.62. The maximum atomic E-state index is 12.2. The highest BCUT2D eigenvalue weighted by Gasteiger charge is 2.40. The molecule has 1 aromatic carbocycles. The van der Waals surface area contributed by atoms with Gasteiger partial charge in [0.15, 0.2) is 5.78 Å². The molecule has 1 fully saturated rings. The van der Waals surface area contributed by atoms with Gasteiger partial charge >= 0.3 is 10.4 Å². The van der Waals surface area contributed by atoms with Crippen molar-refractivity contribution >= 4 is 27.8 Å². The predicted molar refractivity (Wildman–Crippen MR) is 79.8 cm³/mol. The molecule has 0 heterocycles. The first kappa shape index (κ1) is 18.1. The van der Waals surface area contributed by atoms with Crippen molar-refractivity contribution in [1.82, 2.24) is 5.32 Å². The molecular weight excluding hydrogens is 318 g/mol. The highest BCUT2D eigenvalue weighted by molar-refractivity contribution is 7.79. The predicted octanol–water partition coefficient (Wildman–Crippen LogP) is 2.24. The van der Waals surface area contributed by atoms with E-state index in [-0.39, 0.29) is 5.78 Å². The zero-order valence-electron chi connectivity index (χ0n) is 11.5. The van der Waals surface area contributed by atoms with E-state index in [1.54, 1.807) is 0 Å². The Labute approximate surface area is 129 Å². The molecule has 1 aliphatic rings. The molecule has 1 atom stereocenters. The Balaban J connectivity index is 0.000000383. The van der Waals surface area contributed by atoms with Crippen LogP contribution in [0.5, 0.6) is 0 Å². The Kier molecular flexibility index (Phi) is 6.30. The van der Waals surface area contributed by atoms with E-state index in [1.807, 2.05) is 31.3 Å². The molecule has 0 aromatic heterocycles. The lowest BCUT2D eigenvalue weighted by molar-refractivity contribution is -0.127. The third kappa shape index (κ3) is 5.05. The van der Waals surface area contributed by atoms with Crippen molar-refractivity contribution in [2.24, 2.45) is 0 Å². The number of hydrogen-bond acceptors (Lipinski definition) is 4. The highest BCUT2D eigenvalue weighted by atomic mass is 35.5. The topological polar surface area (TPSA) is 104 Å². The lowest BCUT2D eigenvalue weighted by Crippen LogP contribution is -2.49. The third-order valence-electron chi connectivity index (χ3n) is 3.44. The number of likely N-dealkylation sites (N-methyl/N-ethyl adjacent to an activating group) is 1. The van der Waals surface area contributed by atoms with Crippen LogP contribution in [0.4, 0.5) is 0 Å². The smallest absolute Gasteiger partial charge is 0.304 e. The minimum atomic E-state index is -4.67. The van der Waals surface area contributed by atoms with Crippen molar-refractivity contribution in [3.05, 3.63) is 34.9 Å². The summed E-state index contributed by atoms with van der Waals surface area (Å²) in [7, 11) is -2.83. The van der Waals surface area contributed by atoms with Gasteiger partial charge in [0.05, 0.1) is 0 Å². The molecule has 118 valence electrons. The SMILES string of the molecule is CNC1(c2ccccc2Cl)CCCCC1=O.O=S(=O)(O)O. The van der Waals surface area contributed by atoms with E-state index in [2.05, 4.69) is 5.32 Å². The van der Waals surface area contributed by atoms with Gasteiger partial charge in [-0.15, -0.1) is 0 Å². The fourth-order valence-corrected chi connectivity index (χ4v) is 2.82. The zero-order valence-corrected chi connectivity index (χ0v) is 13.1. The van der Waals surface area contributed by atoms with Crippen LogP contribution < -0.4 is 5.32 Å². The van der Waals surface area contributed by atoms with Crippen LogP contribution in [0.15, 0.2) is 24.3 Å². The first-order valence-corrected chi connectivity index (χ1v) is 8.15. The Hall–Kier alpha value is -0.990. The molecule has 21 heavy (non-hydrogen) atoms. The normalized spacial score (nSPS) is 22.4. The van der Waals surface area contributed by atoms with Gasteiger partial charge in [-0.3, -0.25) is 13.9 Å². The van der Waals surface area contributed by atoms with Gasteiger partial charge in [0.1, 0.15) is 5.54 Å². The van der Waals surface area contributed by atoms with Crippen molar-refractivity contribution in [1.29, 1.82) is 0 Å². The van der Waals surface area contributed by atoms with Gasteiger partial charge in [-0.2, -0.15) is 8.42 Å². The van der Waals surface area contributed by atoms with E-state index in [9.17, 15) is 4.79 Å². The van der Waals surface area contributed by atoms with Crippen LogP contribution >= 0.6 is 11.6 Å². The van der Waals surface area contributed by atoms with Crippen LogP contribution in [0.2, 0.25) is 5.02 Å². The number of hydrogen-bond donors (Lipinski definition) is 3. The molecule has 0 spiro atoms. The van der Waals surface area contributed by atoms with Gasteiger partial charge in [0.25, 0.3) is 0 Å². The van der Waals surface area contributed by atoms with E-state index in [0.29, 0.717) is 11.4 Å². The van der Waals surface area contributed by atoms with Crippen LogP contribution in [-0.2, 0) is 20.7 Å². The van der Waals surface area contributed by atoms with Crippen molar-refractivity contribution in [3.8, 4) is 0 Å². The van der Waals surface area contributed by atoms with E-state index in [1.165, 1.54) is 0 Å². The van der Waals surface area contributed by atoms with Crippen molar-refractivity contribution in [3.63, 3.8) is 0 Å². The number of carbonyl (C=O) groups excluding carboxylic acids is 1. The molecule has 0 saturated heterocycles. The highest BCUT2D eigenvalue weighted by Crippen LogP contribution is 2.37. The number of ketones is 1. The summed E-state index contributed by atoms with van der Waals surface area (Å²) < 4.78 is 31.6. The van der Waals surface area contributed by atoms with Crippen LogP contribution in [0.25, 0.3) is 0 Å². The van der Waals surface area contributed by atoms with Crippen molar-refractivity contribution < 1.29 is 22.3 Å². The van der Waals surface area contributed by atoms with Gasteiger partial charge in [-0.05, 0) is 31.5 Å². The van der Waals surface area contributed by atoms with Crippen LogP contribution in [0, 0.1) is 0 Å². The van der Waals surface area contributed by atoms with Crippen molar-refractivity contribution in [2.75, 3.05) is 7.05 Å². The maximum Gasteiger partial charge on any atom is 0.394 e. The molecule has 2 rings (SSSR count). The standard InChI is InChI=1S/C13H16ClNO.H2O4S/c1-15-13(9-5-4-8-12(13)16)10-6-2-3-7-11(10)14;1-5(2,3)4/h2-3,6-7,15H,4-5,8-9H2,1H3;(H2,1,2,3,4). The zero-order chi connectivity index (χ0) is 16.1. The minimum Gasteiger partial charge on any atom is -0.304 e. The van der Waals surface area contributed by atoms with E-state index >= 15 is 0 Å². The number of nitrogens with one attached hydrogen (secondary N) is 1. The minimum absolute atomic E-state index is 0.259. The fraction of sp³-hybridized carbons (Fsp3) is 0.462. The number of halogens is 1. The molecule has 1 unspecified atom stereocenters. The quantitative estimate of drug-likeness (QED) is 0.716. The fourth-order valence-electron chi connectivity index (χ4n) is 2.52. The summed E-state index contributed by atoms with van der Waals surface area (Å²) in [4.78, 5) is 12.2. The lowest BCUT2D eigenvalue weighted by atomic mass is 9.75. The Morgan fingerprint density at radius 1 is 1.24 bits per heavy atom. The molecule has 0 bridgehead atoms. The summed E-state index contributed by atoms with van der Waals surface area (Å²) in [6.45, 7) is 0. The summed E-state index contributed by atoms with van der Waals surface area (Å²) >= 11 is 6.20. The van der Waals surface area contributed by atoms with Gasteiger partial charge in [0.2, 0.25) is 0 Å². The molecule has 0 amide bonds. The summed E-state index contributed by atoms with van der Waals surface area (Å²) in [5, 5.41) is 3.86. The number of carbonyl (C=O) groups is 1. The molecule has 0 aliphatic heterocycles. The second-order valence-corrected chi connectivity index (χ2v) is 6.02. The van der Waals surface area contributed by atoms with Crippen LogP contribution in [-0.4, -0.2) is 30.4 Å². The van der Waals surface area contributed by atoms with Crippen LogP contribution in [0.1, 0.15) is 31.2 Å². The molecule has 1 aromatic rings. The Bertz CT molecular complexity index is 596. The lowest BCUT2D eigenvalue weighted by Gasteiger charge is -2.36. The molecule has 3 N–H and O–H groups in total.